The van der Waals surface area contributed by atoms with E-state index in [4.69, 9.17) is 27.3 Å². The molecular formula is C11H8ClN5O. The van der Waals surface area contributed by atoms with E-state index >= 15 is 0 Å². The molecule has 0 radical (unpaired) electrons. The van der Waals surface area contributed by atoms with Crippen molar-refractivity contribution in [3.05, 3.63) is 34.6 Å². The van der Waals surface area contributed by atoms with Gasteiger partial charge in [-0.25, -0.2) is 0 Å². The SMILES string of the molecule is Cc1ccc(C#N)cc1Oc1nc(N)nc(Cl)n1. The molecular weight excluding hydrogens is 254 g/mol. The fraction of sp³-hybridized carbons (Fsp3) is 0.0909. The van der Waals surface area contributed by atoms with Gasteiger partial charge in [-0.3, -0.25) is 0 Å². The van der Waals surface area contributed by atoms with Gasteiger partial charge in [0.05, 0.1) is 11.6 Å². The Balaban J connectivity index is 2.36. The highest BCUT2D eigenvalue weighted by atomic mass is 35.5. The van der Waals surface area contributed by atoms with Crippen LogP contribution in [0.15, 0.2) is 18.2 Å². The maximum Gasteiger partial charge on any atom is 0.328 e. The van der Waals surface area contributed by atoms with Crippen molar-refractivity contribution in [2.24, 2.45) is 0 Å². The number of hydrogen-bond donors (Lipinski definition) is 1. The van der Waals surface area contributed by atoms with Gasteiger partial charge in [-0.15, -0.1) is 0 Å². The number of rotatable bonds is 2. The van der Waals surface area contributed by atoms with Crippen LogP contribution in [0, 0.1) is 18.3 Å². The van der Waals surface area contributed by atoms with Crippen LogP contribution in [0.25, 0.3) is 0 Å². The van der Waals surface area contributed by atoms with E-state index in [0.717, 1.165) is 5.56 Å². The van der Waals surface area contributed by atoms with Gasteiger partial charge in [0.2, 0.25) is 11.2 Å². The van der Waals surface area contributed by atoms with Gasteiger partial charge in [0.1, 0.15) is 5.75 Å². The van der Waals surface area contributed by atoms with Crippen molar-refractivity contribution in [1.82, 2.24) is 15.0 Å². The number of aryl methyl sites for hydroxylation is 1. The predicted molar refractivity (Wildman–Crippen MR) is 65.2 cm³/mol. The molecule has 1 heterocycles. The number of ether oxygens (including phenoxy) is 1. The van der Waals surface area contributed by atoms with Crippen LogP contribution in [-0.2, 0) is 0 Å². The molecule has 0 saturated heterocycles. The molecule has 1 aromatic carbocycles. The van der Waals surface area contributed by atoms with Crippen molar-refractivity contribution in [3.8, 4) is 17.8 Å². The number of anilines is 1. The molecule has 18 heavy (non-hydrogen) atoms. The van der Waals surface area contributed by atoms with Gasteiger partial charge >= 0.3 is 6.01 Å². The molecule has 0 aliphatic carbocycles. The second-order valence-electron chi connectivity index (χ2n) is 3.44. The molecule has 0 saturated carbocycles. The Morgan fingerprint density at radius 1 is 1.33 bits per heavy atom. The minimum Gasteiger partial charge on any atom is -0.424 e. The first-order valence-corrected chi connectivity index (χ1v) is 5.32. The van der Waals surface area contributed by atoms with Crippen molar-refractivity contribution in [1.29, 1.82) is 5.26 Å². The fourth-order valence-corrected chi connectivity index (χ4v) is 1.43. The number of nitrogen functional groups attached to an aromatic ring is 1. The lowest BCUT2D eigenvalue weighted by Gasteiger charge is -2.07. The summed E-state index contributed by atoms with van der Waals surface area (Å²) in [5.74, 6) is 0.440. The minimum absolute atomic E-state index is 0.00862. The van der Waals surface area contributed by atoms with E-state index in [-0.39, 0.29) is 17.2 Å². The molecule has 0 spiro atoms. The third-order valence-corrected chi connectivity index (χ3v) is 2.29. The van der Waals surface area contributed by atoms with Crippen LogP contribution in [-0.4, -0.2) is 15.0 Å². The van der Waals surface area contributed by atoms with Crippen molar-refractivity contribution >= 4 is 17.5 Å². The van der Waals surface area contributed by atoms with E-state index in [9.17, 15) is 0 Å². The number of nitrogens with zero attached hydrogens (tertiary/aromatic N) is 4. The summed E-state index contributed by atoms with van der Waals surface area (Å²) in [6, 6.07) is 7.05. The molecule has 0 atom stereocenters. The molecule has 0 amide bonds. The first-order valence-electron chi connectivity index (χ1n) is 4.94. The monoisotopic (exact) mass is 261 g/mol. The lowest BCUT2D eigenvalue weighted by Crippen LogP contribution is -2.01. The zero-order valence-electron chi connectivity index (χ0n) is 9.38. The average molecular weight is 262 g/mol. The van der Waals surface area contributed by atoms with Gasteiger partial charge in [-0.05, 0) is 36.2 Å². The highest BCUT2D eigenvalue weighted by Gasteiger charge is 2.08. The lowest BCUT2D eigenvalue weighted by molar-refractivity contribution is 0.437. The molecule has 7 heteroatoms. The normalized spacial score (nSPS) is 9.83. The van der Waals surface area contributed by atoms with Gasteiger partial charge in [-0.2, -0.15) is 20.2 Å². The molecule has 0 unspecified atom stereocenters. The molecule has 0 aliphatic heterocycles. The highest BCUT2D eigenvalue weighted by molar-refractivity contribution is 6.28. The summed E-state index contributed by atoms with van der Waals surface area (Å²) in [5.41, 5.74) is 6.74. The zero-order chi connectivity index (χ0) is 13.1. The fourth-order valence-electron chi connectivity index (χ4n) is 1.27. The largest absolute Gasteiger partial charge is 0.424 e. The van der Waals surface area contributed by atoms with Crippen molar-refractivity contribution in [2.45, 2.75) is 6.92 Å². The molecule has 2 rings (SSSR count). The van der Waals surface area contributed by atoms with E-state index in [1.54, 1.807) is 18.2 Å². The second-order valence-corrected chi connectivity index (χ2v) is 3.78. The summed E-state index contributed by atoms with van der Waals surface area (Å²) in [6.07, 6.45) is 0. The van der Waals surface area contributed by atoms with Gasteiger partial charge in [0, 0.05) is 0 Å². The Hall–Kier alpha value is -2.39. The Bertz CT molecular complexity index is 618. The van der Waals surface area contributed by atoms with Crippen LogP contribution >= 0.6 is 11.6 Å². The first kappa shape index (κ1) is 12.1. The van der Waals surface area contributed by atoms with Crippen molar-refractivity contribution in [2.75, 3.05) is 5.73 Å². The summed E-state index contributed by atoms with van der Waals surface area (Å²) in [4.78, 5) is 11.2. The van der Waals surface area contributed by atoms with Crippen LogP contribution in [0.3, 0.4) is 0 Å². The third-order valence-electron chi connectivity index (χ3n) is 2.12. The molecule has 6 nitrogen and oxygen atoms in total. The second kappa shape index (κ2) is 4.85. The maximum atomic E-state index is 8.82. The average Bonchev–Trinajstić information content (AvgIpc) is 2.30. The van der Waals surface area contributed by atoms with Crippen LogP contribution in [0.4, 0.5) is 5.95 Å². The standard InChI is InChI=1S/C11H8ClN5O/c1-6-2-3-7(5-13)4-8(6)18-11-16-9(12)15-10(14)17-11/h2-4H,1H3,(H2,14,15,16,17). The van der Waals surface area contributed by atoms with E-state index in [1.165, 1.54) is 0 Å². The van der Waals surface area contributed by atoms with E-state index in [0.29, 0.717) is 11.3 Å². The third kappa shape index (κ3) is 2.64. The Morgan fingerprint density at radius 2 is 2.11 bits per heavy atom. The zero-order valence-corrected chi connectivity index (χ0v) is 10.1. The summed E-state index contributed by atoms with van der Waals surface area (Å²) < 4.78 is 5.44. The van der Waals surface area contributed by atoms with Crippen molar-refractivity contribution < 1.29 is 4.74 Å². The first-order chi connectivity index (χ1) is 8.58. The molecule has 90 valence electrons. The Morgan fingerprint density at radius 3 is 2.78 bits per heavy atom. The number of nitriles is 1. The number of hydrogen-bond acceptors (Lipinski definition) is 6. The topological polar surface area (TPSA) is 97.7 Å². The number of nitrogens with two attached hydrogens (primary N) is 1. The molecule has 2 aromatic rings. The van der Waals surface area contributed by atoms with Crippen molar-refractivity contribution in [3.63, 3.8) is 0 Å². The van der Waals surface area contributed by atoms with E-state index in [1.807, 2.05) is 13.0 Å². The van der Waals surface area contributed by atoms with Gasteiger partial charge < -0.3 is 10.5 Å². The number of halogens is 1. The summed E-state index contributed by atoms with van der Waals surface area (Å²) in [5, 5.41) is 8.77. The summed E-state index contributed by atoms with van der Waals surface area (Å²) in [7, 11) is 0. The van der Waals surface area contributed by atoms with E-state index in [2.05, 4.69) is 15.0 Å². The number of benzene rings is 1. The van der Waals surface area contributed by atoms with Crippen LogP contribution in [0.2, 0.25) is 5.28 Å². The van der Waals surface area contributed by atoms with E-state index < -0.39 is 0 Å². The van der Waals surface area contributed by atoms with Gasteiger partial charge in [-0.1, -0.05) is 6.07 Å². The highest BCUT2D eigenvalue weighted by Crippen LogP contribution is 2.24. The molecule has 0 aliphatic rings. The van der Waals surface area contributed by atoms with Crippen LogP contribution < -0.4 is 10.5 Å². The summed E-state index contributed by atoms with van der Waals surface area (Å²) in [6.45, 7) is 1.84. The molecule has 0 fully saturated rings. The minimum atomic E-state index is -0.0495. The smallest absolute Gasteiger partial charge is 0.328 e. The number of aromatic nitrogens is 3. The quantitative estimate of drug-likeness (QED) is 0.889. The molecule has 1 aromatic heterocycles. The lowest BCUT2D eigenvalue weighted by atomic mass is 10.1. The Kier molecular flexibility index (Phi) is 3.26. The molecule has 0 bridgehead atoms. The predicted octanol–water partition coefficient (Wildman–Crippen LogP) is 2.08. The molecule has 2 N–H and O–H groups in total. The van der Waals surface area contributed by atoms with Gasteiger partial charge in [0.15, 0.2) is 0 Å². The van der Waals surface area contributed by atoms with Gasteiger partial charge in [0.25, 0.3) is 0 Å². The summed E-state index contributed by atoms with van der Waals surface area (Å²) >= 11 is 5.64. The van der Waals surface area contributed by atoms with Crippen LogP contribution in [0.5, 0.6) is 11.8 Å². The maximum absolute atomic E-state index is 8.82. The Labute approximate surface area is 108 Å². The van der Waals surface area contributed by atoms with Crippen LogP contribution in [0.1, 0.15) is 11.1 Å².